The van der Waals surface area contributed by atoms with Crippen LogP contribution in [0.3, 0.4) is 0 Å². The van der Waals surface area contributed by atoms with E-state index < -0.39 is 0 Å². The molecule has 2 heterocycles. The van der Waals surface area contributed by atoms with Crippen molar-refractivity contribution in [3.05, 3.63) is 60.0 Å². The second-order valence-electron chi connectivity index (χ2n) is 4.47. The molecule has 3 rings (SSSR count). The molecule has 0 aliphatic heterocycles. The Hall–Kier alpha value is -2.20. The van der Waals surface area contributed by atoms with Gasteiger partial charge in [-0.2, -0.15) is 5.10 Å². The van der Waals surface area contributed by atoms with Gasteiger partial charge in [0.15, 0.2) is 0 Å². The fourth-order valence-corrected chi connectivity index (χ4v) is 2.42. The molecule has 0 saturated heterocycles. The van der Waals surface area contributed by atoms with Crippen LogP contribution in [0.2, 0.25) is 0 Å². The lowest BCUT2D eigenvalue weighted by atomic mass is 10.0. The molecule has 0 spiro atoms. The van der Waals surface area contributed by atoms with Gasteiger partial charge in [0.2, 0.25) is 0 Å². The van der Waals surface area contributed by atoms with Gasteiger partial charge in [-0.05, 0) is 30.7 Å². The third-order valence-corrected chi connectivity index (χ3v) is 3.39. The maximum atomic E-state index is 6.41. The Bertz CT molecular complexity index is 697. The van der Waals surface area contributed by atoms with Gasteiger partial charge < -0.3 is 5.73 Å². The Morgan fingerprint density at radius 3 is 2.84 bits per heavy atom. The molecule has 3 aromatic rings. The van der Waals surface area contributed by atoms with Gasteiger partial charge in [-0.3, -0.25) is 9.67 Å². The fraction of sp³-hybridized carbons (Fsp3) is 0.200. The number of para-hydroxylation sites is 1. The van der Waals surface area contributed by atoms with E-state index in [1.807, 2.05) is 41.2 Å². The third-order valence-electron chi connectivity index (χ3n) is 3.39. The third kappa shape index (κ3) is 2.00. The first kappa shape index (κ1) is 11.9. The maximum Gasteiger partial charge on any atom is 0.0730 e. The normalized spacial score (nSPS) is 12.7. The molecule has 0 aliphatic carbocycles. The van der Waals surface area contributed by atoms with E-state index in [2.05, 4.69) is 23.1 Å². The zero-order valence-electron chi connectivity index (χ0n) is 10.8. The van der Waals surface area contributed by atoms with E-state index >= 15 is 0 Å². The van der Waals surface area contributed by atoms with Crippen LogP contribution in [0.15, 0.2) is 48.8 Å². The van der Waals surface area contributed by atoms with Gasteiger partial charge >= 0.3 is 0 Å². The molecular formula is C15H16N4. The van der Waals surface area contributed by atoms with Crippen molar-refractivity contribution in [2.24, 2.45) is 5.73 Å². The smallest absolute Gasteiger partial charge is 0.0730 e. The number of fused-ring (bicyclic) bond motifs is 1. The van der Waals surface area contributed by atoms with Gasteiger partial charge in [0.25, 0.3) is 0 Å². The number of benzene rings is 1. The van der Waals surface area contributed by atoms with Crippen molar-refractivity contribution in [3.8, 4) is 0 Å². The number of aromatic nitrogens is 3. The first-order chi connectivity index (χ1) is 9.31. The second-order valence-corrected chi connectivity index (χ2v) is 4.47. The van der Waals surface area contributed by atoms with E-state index in [0.717, 1.165) is 28.7 Å². The summed E-state index contributed by atoms with van der Waals surface area (Å²) in [6.07, 6.45) is 3.60. The van der Waals surface area contributed by atoms with Gasteiger partial charge in [0.05, 0.1) is 17.3 Å². The summed E-state index contributed by atoms with van der Waals surface area (Å²) in [4.78, 5) is 4.37. The van der Waals surface area contributed by atoms with E-state index in [4.69, 9.17) is 5.73 Å². The first-order valence-electron chi connectivity index (χ1n) is 6.42. The Kier molecular flexibility index (Phi) is 3.01. The summed E-state index contributed by atoms with van der Waals surface area (Å²) in [7, 11) is 0. The van der Waals surface area contributed by atoms with Gasteiger partial charge in [-0.15, -0.1) is 0 Å². The highest BCUT2D eigenvalue weighted by atomic mass is 15.3. The zero-order valence-corrected chi connectivity index (χ0v) is 10.8. The predicted octanol–water partition coefficient (Wildman–Crippen LogP) is 2.50. The number of pyridine rings is 1. The highest BCUT2D eigenvalue weighted by Gasteiger charge is 2.15. The minimum Gasteiger partial charge on any atom is -0.319 e. The van der Waals surface area contributed by atoms with Crippen molar-refractivity contribution in [2.75, 3.05) is 0 Å². The zero-order chi connectivity index (χ0) is 13.2. The van der Waals surface area contributed by atoms with Crippen LogP contribution in [0.25, 0.3) is 10.9 Å². The highest BCUT2D eigenvalue weighted by Crippen LogP contribution is 2.25. The maximum absolute atomic E-state index is 6.41. The number of nitrogens with zero attached hydrogens (tertiary/aromatic N) is 3. The highest BCUT2D eigenvalue weighted by molar-refractivity contribution is 5.82. The monoisotopic (exact) mass is 252 g/mol. The molecule has 0 bridgehead atoms. The Morgan fingerprint density at radius 2 is 2.00 bits per heavy atom. The molecule has 1 aromatic carbocycles. The summed E-state index contributed by atoms with van der Waals surface area (Å²) in [6, 6.07) is 11.8. The predicted molar refractivity (Wildman–Crippen MR) is 75.7 cm³/mol. The van der Waals surface area contributed by atoms with Gasteiger partial charge in [-0.1, -0.05) is 18.2 Å². The number of hydrogen-bond acceptors (Lipinski definition) is 3. The summed E-state index contributed by atoms with van der Waals surface area (Å²) in [5, 5.41) is 5.38. The molecule has 0 radical (unpaired) electrons. The standard InChI is InChI=1S/C15H16N4/c1-2-19-14(8-10-18-19)15(16)12-7-9-17-13-6-4-3-5-11(12)13/h3-10,15H,2,16H2,1H3. The van der Waals surface area contributed by atoms with Crippen molar-refractivity contribution in [3.63, 3.8) is 0 Å². The van der Waals surface area contributed by atoms with Crippen molar-refractivity contribution in [2.45, 2.75) is 19.5 Å². The van der Waals surface area contributed by atoms with E-state index in [1.54, 1.807) is 6.20 Å². The van der Waals surface area contributed by atoms with Gasteiger partial charge in [-0.25, -0.2) is 0 Å². The number of hydrogen-bond donors (Lipinski definition) is 1. The molecule has 19 heavy (non-hydrogen) atoms. The molecule has 0 fully saturated rings. The van der Waals surface area contributed by atoms with E-state index in [1.165, 1.54) is 0 Å². The molecule has 0 amide bonds. The van der Waals surface area contributed by atoms with E-state index in [0.29, 0.717) is 0 Å². The van der Waals surface area contributed by atoms with Crippen molar-refractivity contribution in [1.29, 1.82) is 0 Å². The lowest BCUT2D eigenvalue weighted by Gasteiger charge is -2.15. The van der Waals surface area contributed by atoms with Crippen LogP contribution < -0.4 is 5.73 Å². The van der Waals surface area contributed by atoms with Crippen LogP contribution in [-0.4, -0.2) is 14.8 Å². The van der Waals surface area contributed by atoms with E-state index in [-0.39, 0.29) is 6.04 Å². The van der Waals surface area contributed by atoms with E-state index in [9.17, 15) is 0 Å². The fourth-order valence-electron chi connectivity index (χ4n) is 2.42. The Balaban J connectivity index is 2.14. The second kappa shape index (κ2) is 4.82. The quantitative estimate of drug-likeness (QED) is 0.779. The van der Waals surface area contributed by atoms with Crippen LogP contribution in [0, 0.1) is 0 Å². The van der Waals surface area contributed by atoms with Crippen LogP contribution in [-0.2, 0) is 6.54 Å². The molecule has 4 heteroatoms. The van der Waals surface area contributed by atoms with Crippen LogP contribution in [0.4, 0.5) is 0 Å². The Labute approximate surface area is 111 Å². The minimum atomic E-state index is -0.185. The van der Waals surface area contributed by atoms with Crippen molar-refractivity contribution < 1.29 is 0 Å². The summed E-state index contributed by atoms with van der Waals surface area (Å²) in [5.74, 6) is 0. The van der Waals surface area contributed by atoms with Gasteiger partial charge in [0.1, 0.15) is 0 Å². The summed E-state index contributed by atoms with van der Waals surface area (Å²) < 4.78 is 1.93. The first-order valence-corrected chi connectivity index (χ1v) is 6.42. The summed E-state index contributed by atoms with van der Waals surface area (Å²) >= 11 is 0. The largest absolute Gasteiger partial charge is 0.319 e. The average molecular weight is 252 g/mol. The lowest BCUT2D eigenvalue weighted by molar-refractivity contribution is 0.602. The van der Waals surface area contributed by atoms with Crippen molar-refractivity contribution >= 4 is 10.9 Å². The number of rotatable bonds is 3. The van der Waals surface area contributed by atoms with Crippen LogP contribution >= 0.6 is 0 Å². The molecule has 0 saturated carbocycles. The average Bonchev–Trinajstić information content (AvgIpc) is 2.94. The van der Waals surface area contributed by atoms with Crippen molar-refractivity contribution in [1.82, 2.24) is 14.8 Å². The molecule has 96 valence electrons. The topological polar surface area (TPSA) is 56.7 Å². The summed E-state index contributed by atoms with van der Waals surface area (Å²) in [6.45, 7) is 2.88. The van der Waals surface area contributed by atoms with Crippen LogP contribution in [0.5, 0.6) is 0 Å². The van der Waals surface area contributed by atoms with Crippen LogP contribution in [0.1, 0.15) is 24.2 Å². The molecule has 1 atom stereocenters. The number of nitrogens with two attached hydrogens (primary N) is 1. The SMILES string of the molecule is CCn1nccc1C(N)c1ccnc2ccccc12. The molecular weight excluding hydrogens is 236 g/mol. The Morgan fingerprint density at radius 1 is 1.16 bits per heavy atom. The lowest BCUT2D eigenvalue weighted by Crippen LogP contribution is -2.17. The molecule has 4 nitrogen and oxygen atoms in total. The molecule has 2 aromatic heterocycles. The minimum absolute atomic E-state index is 0.185. The molecule has 0 aliphatic rings. The number of aryl methyl sites for hydroxylation is 1. The molecule has 1 unspecified atom stereocenters. The summed E-state index contributed by atoms with van der Waals surface area (Å²) in [5.41, 5.74) is 9.50. The molecule has 2 N–H and O–H groups in total. The van der Waals surface area contributed by atoms with Gasteiger partial charge in [0, 0.05) is 24.3 Å².